The molecule has 0 spiro atoms. The van der Waals surface area contributed by atoms with Crippen molar-refractivity contribution in [3.63, 3.8) is 0 Å². The number of methoxy groups -OCH3 is 2. The van der Waals surface area contributed by atoms with Gasteiger partial charge in [0.2, 0.25) is 5.52 Å². The standard InChI is InChI=1S/C22H37O4P/c1-16(2)12-13-27(24,15-17(3)14-22(4,5)6)21(23)20-18(25-7)10-9-11-19(20)26-8/h9-11,16-17H,12-15H2,1-8H3. The Hall–Kier alpha value is -1.28. The number of carbonyl (C=O) groups excluding carboxylic acids is 1. The van der Waals surface area contributed by atoms with Gasteiger partial charge >= 0.3 is 0 Å². The lowest BCUT2D eigenvalue weighted by atomic mass is 9.86. The molecule has 1 aromatic carbocycles. The summed E-state index contributed by atoms with van der Waals surface area (Å²) in [6.45, 7) is 12.8. The third-order valence-corrected chi connectivity index (χ3v) is 7.80. The second kappa shape index (κ2) is 9.78. The van der Waals surface area contributed by atoms with Gasteiger partial charge in [-0.1, -0.05) is 47.6 Å². The minimum absolute atomic E-state index is 0.132. The van der Waals surface area contributed by atoms with E-state index in [4.69, 9.17) is 9.47 Å². The molecule has 0 saturated carbocycles. The molecule has 0 aliphatic carbocycles. The molecule has 0 fully saturated rings. The van der Waals surface area contributed by atoms with Crippen LogP contribution in [0.5, 0.6) is 11.5 Å². The Labute approximate surface area is 165 Å². The van der Waals surface area contributed by atoms with Gasteiger partial charge in [-0.25, -0.2) is 0 Å². The first kappa shape index (κ1) is 23.8. The van der Waals surface area contributed by atoms with Gasteiger partial charge in [0, 0.05) is 12.3 Å². The molecule has 2 unspecified atom stereocenters. The average Bonchev–Trinajstić information content (AvgIpc) is 2.56. The number of carbonyl (C=O) groups is 1. The Morgan fingerprint density at radius 2 is 1.59 bits per heavy atom. The predicted octanol–water partition coefficient (Wildman–Crippen LogP) is 6.33. The van der Waals surface area contributed by atoms with Gasteiger partial charge in [-0.3, -0.25) is 4.79 Å². The van der Waals surface area contributed by atoms with E-state index < -0.39 is 7.14 Å². The smallest absolute Gasteiger partial charge is 0.228 e. The van der Waals surface area contributed by atoms with Crippen LogP contribution in [0.2, 0.25) is 0 Å². The lowest BCUT2D eigenvalue weighted by Gasteiger charge is -2.27. The van der Waals surface area contributed by atoms with Crippen molar-refractivity contribution in [2.75, 3.05) is 26.5 Å². The summed E-state index contributed by atoms with van der Waals surface area (Å²) in [6, 6.07) is 5.22. The minimum atomic E-state index is -3.11. The van der Waals surface area contributed by atoms with Gasteiger partial charge < -0.3 is 14.0 Å². The molecule has 27 heavy (non-hydrogen) atoms. The van der Waals surface area contributed by atoms with Gasteiger partial charge in [0.25, 0.3) is 0 Å². The van der Waals surface area contributed by atoms with E-state index in [2.05, 4.69) is 41.5 Å². The number of hydrogen-bond acceptors (Lipinski definition) is 4. The predicted molar refractivity (Wildman–Crippen MR) is 114 cm³/mol. The summed E-state index contributed by atoms with van der Waals surface area (Å²) < 4.78 is 24.8. The van der Waals surface area contributed by atoms with Crippen LogP contribution in [-0.4, -0.2) is 32.1 Å². The third-order valence-electron chi connectivity index (χ3n) is 4.65. The van der Waals surface area contributed by atoms with E-state index in [1.807, 2.05) is 0 Å². The second-order valence-electron chi connectivity index (χ2n) is 9.19. The maximum atomic E-state index is 14.0. The molecule has 0 radical (unpaired) electrons. The van der Waals surface area contributed by atoms with Crippen molar-refractivity contribution in [2.45, 2.75) is 54.4 Å². The van der Waals surface area contributed by atoms with Crippen LogP contribution in [0.15, 0.2) is 18.2 Å². The quantitative estimate of drug-likeness (QED) is 0.434. The Balaban J connectivity index is 3.31. The Morgan fingerprint density at radius 3 is 2.00 bits per heavy atom. The largest absolute Gasteiger partial charge is 0.496 e. The molecule has 0 aliphatic heterocycles. The highest BCUT2D eigenvalue weighted by molar-refractivity contribution is 7.81. The van der Waals surface area contributed by atoms with Gasteiger partial charge in [-0.2, -0.15) is 0 Å². The topological polar surface area (TPSA) is 52.6 Å². The van der Waals surface area contributed by atoms with Crippen molar-refractivity contribution in [2.24, 2.45) is 17.3 Å². The van der Waals surface area contributed by atoms with Crippen molar-refractivity contribution < 1.29 is 18.8 Å². The van der Waals surface area contributed by atoms with Gasteiger partial charge in [-0.15, -0.1) is 0 Å². The highest BCUT2D eigenvalue weighted by atomic mass is 31.2. The molecule has 5 heteroatoms. The van der Waals surface area contributed by atoms with E-state index in [-0.39, 0.29) is 16.9 Å². The zero-order valence-electron chi connectivity index (χ0n) is 18.3. The van der Waals surface area contributed by atoms with Crippen molar-refractivity contribution in [1.29, 1.82) is 0 Å². The maximum Gasteiger partial charge on any atom is 0.228 e. The summed E-state index contributed by atoms with van der Waals surface area (Å²) >= 11 is 0. The molecule has 1 rings (SSSR count). The number of benzene rings is 1. The molecule has 0 N–H and O–H groups in total. The molecular weight excluding hydrogens is 359 g/mol. The summed E-state index contributed by atoms with van der Waals surface area (Å²) in [4.78, 5) is 13.5. The van der Waals surface area contributed by atoms with Gasteiger partial charge in [0.1, 0.15) is 17.1 Å². The van der Waals surface area contributed by atoms with Crippen LogP contribution >= 0.6 is 7.14 Å². The zero-order valence-corrected chi connectivity index (χ0v) is 19.2. The Kier molecular flexibility index (Phi) is 8.60. The molecule has 0 heterocycles. The monoisotopic (exact) mass is 396 g/mol. The van der Waals surface area contributed by atoms with E-state index in [9.17, 15) is 9.36 Å². The zero-order chi connectivity index (χ0) is 20.8. The second-order valence-corrected chi connectivity index (χ2v) is 12.2. The SMILES string of the molecule is COc1cccc(OC)c1C(=O)P(=O)(CCC(C)C)CC(C)CC(C)(C)C. The van der Waals surface area contributed by atoms with Crippen LogP contribution in [0.1, 0.15) is 64.7 Å². The first-order valence-electron chi connectivity index (χ1n) is 9.77. The summed E-state index contributed by atoms with van der Waals surface area (Å²) in [7, 11) is -0.0662. The third kappa shape index (κ3) is 6.99. The fraction of sp³-hybridized carbons (Fsp3) is 0.682. The van der Waals surface area contributed by atoms with E-state index in [0.717, 1.165) is 12.8 Å². The molecule has 4 nitrogen and oxygen atoms in total. The van der Waals surface area contributed by atoms with Crippen molar-refractivity contribution in [3.8, 4) is 11.5 Å². The van der Waals surface area contributed by atoms with Crippen LogP contribution in [0.25, 0.3) is 0 Å². The van der Waals surface area contributed by atoms with Gasteiger partial charge in [0.05, 0.1) is 14.2 Å². The number of hydrogen-bond donors (Lipinski definition) is 0. The Morgan fingerprint density at radius 1 is 1.07 bits per heavy atom. The van der Waals surface area contributed by atoms with E-state index in [1.165, 1.54) is 14.2 Å². The first-order chi connectivity index (χ1) is 12.4. The lowest BCUT2D eigenvalue weighted by Crippen LogP contribution is -2.19. The normalized spacial score (nSPS) is 15.3. The molecule has 2 atom stereocenters. The number of ether oxygens (including phenoxy) is 2. The van der Waals surface area contributed by atoms with E-state index >= 15 is 0 Å². The summed E-state index contributed by atoms with van der Waals surface area (Å²) in [6.07, 6.45) is 2.55. The number of rotatable bonds is 10. The fourth-order valence-electron chi connectivity index (χ4n) is 3.62. The molecule has 0 aliphatic rings. The van der Waals surface area contributed by atoms with Crippen molar-refractivity contribution in [1.82, 2.24) is 0 Å². The molecule has 0 bridgehead atoms. The van der Waals surface area contributed by atoms with E-state index in [0.29, 0.717) is 35.3 Å². The first-order valence-corrected chi connectivity index (χ1v) is 11.8. The van der Waals surface area contributed by atoms with Crippen molar-refractivity contribution >= 4 is 12.7 Å². The van der Waals surface area contributed by atoms with Crippen molar-refractivity contribution in [3.05, 3.63) is 23.8 Å². The maximum absolute atomic E-state index is 14.0. The lowest BCUT2D eigenvalue weighted by molar-refractivity contribution is 0.106. The Bertz CT molecular complexity index is 651. The summed E-state index contributed by atoms with van der Waals surface area (Å²) in [5.74, 6) is 1.44. The minimum Gasteiger partial charge on any atom is -0.496 e. The van der Waals surface area contributed by atoms with Gasteiger partial charge in [0.15, 0.2) is 7.14 Å². The highest BCUT2D eigenvalue weighted by Crippen LogP contribution is 2.54. The molecule has 0 aromatic heterocycles. The molecular formula is C22H37O4P. The average molecular weight is 397 g/mol. The van der Waals surface area contributed by atoms with Gasteiger partial charge in [-0.05, 0) is 42.2 Å². The molecule has 1 aromatic rings. The molecule has 0 saturated heterocycles. The van der Waals surface area contributed by atoms with Crippen LogP contribution in [-0.2, 0) is 4.57 Å². The van der Waals surface area contributed by atoms with Crippen LogP contribution in [0, 0.1) is 17.3 Å². The van der Waals surface area contributed by atoms with E-state index in [1.54, 1.807) is 18.2 Å². The van der Waals surface area contributed by atoms with Crippen LogP contribution in [0.3, 0.4) is 0 Å². The highest BCUT2D eigenvalue weighted by Gasteiger charge is 2.37. The van der Waals surface area contributed by atoms with Crippen LogP contribution < -0.4 is 9.47 Å². The summed E-state index contributed by atoms with van der Waals surface area (Å²) in [5, 5.41) is 0. The van der Waals surface area contributed by atoms with Crippen LogP contribution in [0.4, 0.5) is 0 Å². The summed E-state index contributed by atoms with van der Waals surface area (Å²) in [5.41, 5.74) is 0.142. The molecule has 154 valence electrons. The fourth-order valence-corrected chi connectivity index (χ4v) is 6.87. The molecule has 0 amide bonds.